The highest BCUT2D eigenvalue weighted by Crippen LogP contribution is 2.21. The number of nitrogens with zero attached hydrogens (tertiary/aromatic N) is 2. The van der Waals surface area contributed by atoms with E-state index in [-0.39, 0.29) is 16.8 Å². The number of rotatable bonds is 3. The number of aryl methyl sites for hydroxylation is 1. The predicted molar refractivity (Wildman–Crippen MR) is 91.6 cm³/mol. The summed E-state index contributed by atoms with van der Waals surface area (Å²) in [6, 6.07) is 5.91. The van der Waals surface area contributed by atoms with Gasteiger partial charge < -0.3 is 9.12 Å². The summed E-state index contributed by atoms with van der Waals surface area (Å²) in [4.78, 5) is 12.4. The molecule has 128 valence electrons. The van der Waals surface area contributed by atoms with Crippen LogP contribution in [0.2, 0.25) is 0 Å². The standard InChI is InChI=1S/C17H18F2N2O2S/c1-17(2,3)24(23)20-15(12-6-5-9-21(4)16(12)22)13-10-11(18)7-8-14(13)19/h5-10H,1-4H3. The van der Waals surface area contributed by atoms with Crippen LogP contribution in [0.3, 0.4) is 0 Å². The second kappa shape index (κ2) is 6.86. The lowest BCUT2D eigenvalue weighted by molar-refractivity contribution is 0.561. The lowest BCUT2D eigenvalue weighted by Gasteiger charge is -2.19. The molecular weight excluding hydrogens is 334 g/mol. The molecule has 0 N–H and O–H groups in total. The molecule has 1 unspecified atom stereocenters. The average Bonchev–Trinajstić information content (AvgIpc) is 2.49. The van der Waals surface area contributed by atoms with Gasteiger partial charge in [-0.1, -0.05) is 4.40 Å². The van der Waals surface area contributed by atoms with Crippen molar-refractivity contribution in [3.63, 3.8) is 0 Å². The Kier molecular flexibility index (Phi) is 5.25. The minimum absolute atomic E-state index is 0.0575. The lowest BCUT2D eigenvalue weighted by atomic mass is 10.0. The number of hydrogen-bond acceptors (Lipinski definition) is 3. The summed E-state index contributed by atoms with van der Waals surface area (Å²) in [6.45, 7) is 5.11. The maximum Gasteiger partial charge on any atom is 0.259 e. The van der Waals surface area contributed by atoms with Gasteiger partial charge in [0.1, 0.15) is 33.5 Å². The third-order valence-electron chi connectivity index (χ3n) is 3.26. The highest BCUT2D eigenvalue weighted by molar-refractivity contribution is 7.91. The number of aromatic nitrogens is 1. The van der Waals surface area contributed by atoms with Crippen molar-refractivity contribution in [3.05, 3.63) is 69.6 Å². The van der Waals surface area contributed by atoms with Crippen molar-refractivity contribution >= 4 is 17.1 Å². The van der Waals surface area contributed by atoms with E-state index in [0.29, 0.717) is 0 Å². The van der Waals surface area contributed by atoms with E-state index in [4.69, 9.17) is 0 Å². The van der Waals surface area contributed by atoms with Gasteiger partial charge in [0.2, 0.25) is 0 Å². The van der Waals surface area contributed by atoms with E-state index in [1.807, 2.05) is 0 Å². The van der Waals surface area contributed by atoms with Crippen LogP contribution >= 0.6 is 0 Å². The first-order valence-corrected chi connectivity index (χ1v) is 8.34. The zero-order chi connectivity index (χ0) is 18.1. The quantitative estimate of drug-likeness (QED) is 0.630. The summed E-state index contributed by atoms with van der Waals surface area (Å²) in [5, 5.41) is 0. The van der Waals surface area contributed by atoms with Gasteiger partial charge in [-0.3, -0.25) is 4.79 Å². The molecule has 0 radical (unpaired) electrons. The van der Waals surface area contributed by atoms with E-state index in [9.17, 15) is 18.1 Å². The van der Waals surface area contributed by atoms with Gasteiger partial charge in [-0.05, 0) is 51.1 Å². The van der Waals surface area contributed by atoms with Crippen LogP contribution in [0.5, 0.6) is 0 Å². The van der Waals surface area contributed by atoms with Gasteiger partial charge in [-0.2, -0.15) is 0 Å². The Morgan fingerprint density at radius 1 is 1.21 bits per heavy atom. The Labute approximate surface area is 142 Å². The molecule has 0 saturated heterocycles. The monoisotopic (exact) mass is 352 g/mol. The van der Waals surface area contributed by atoms with Crippen molar-refractivity contribution in [2.24, 2.45) is 11.4 Å². The van der Waals surface area contributed by atoms with Crippen LogP contribution < -0.4 is 5.56 Å². The summed E-state index contributed by atoms with van der Waals surface area (Å²) < 4.78 is 44.9. The topological polar surface area (TPSA) is 57.4 Å². The highest BCUT2D eigenvalue weighted by Gasteiger charge is 2.29. The summed E-state index contributed by atoms with van der Waals surface area (Å²) in [5.41, 5.74) is -0.703. The molecule has 0 fully saturated rings. The average molecular weight is 352 g/mol. The van der Waals surface area contributed by atoms with E-state index in [2.05, 4.69) is 4.40 Å². The van der Waals surface area contributed by atoms with E-state index in [1.54, 1.807) is 26.8 Å². The summed E-state index contributed by atoms with van der Waals surface area (Å²) in [7, 11) is 1.53. The van der Waals surface area contributed by atoms with Crippen LogP contribution in [0.25, 0.3) is 0 Å². The molecule has 0 aliphatic heterocycles. The van der Waals surface area contributed by atoms with Crippen LogP contribution in [0.15, 0.2) is 45.7 Å². The molecule has 4 nitrogen and oxygen atoms in total. The second-order valence-corrected chi connectivity index (χ2v) is 8.17. The van der Waals surface area contributed by atoms with Gasteiger partial charge in [-0.15, -0.1) is 0 Å². The molecular formula is C17H18F2N2O2S. The first kappa shape index (κ1) is 18.4. The first-order chi connectivity index (χ1) is 11.1. The van der Waals surface area contributed by atoms with Crippen LogP contribution in [-0.2, 0) is 18.4 Å². The molecule has 0 spiro atoms. The zero-order valence-corrected chi connectivity index (χ0v) is 14.7. The molecule has 0 aliphatic carbocycles. The van der Waals surface area contributed by atoms with E-state index in [1.165, 1.54) is 23.9 Å². The molecule has 0 amide bonds. The molecule has 2 rings (SSSR count). The van der Waals surface area contributed by atoms with Crippen LogP contribution in [-0.4, -0.2) is 19.6 Å². The maximum atomic E-state index is 14.2. The summed E-state index contributed by atoms with van der Waals surface area (Å²) in [6.07, 6.45) is 1.53. The van der Waals surface area contributed by atoms with Gasteiger partial charge in [0.15, 0.2) is 0 Å². The molecule has 1 heterocycles. The highest BCUT2D eigenvalue weighted by atomic mass is 32.2. The van der Waals surface area contributed by atoms with Gasteiger partial charge in [0, 0.05) is 18.8 Å². The van der Waals surface area contributed by atoms with Crippen molar-refractivity contribution < 1.29 is 13.3 Å². The van der Waals surface area contributed by atoms with Crippen LogP contribution in [0.4, 0.5) is 8.78 Å². The van der Waals surface area contributed by atoms with Gasteiger partial charge in [0.05, 0.1) is 5.56 Å². The molecule has 2 aromatic rings. The van der Waals surface area contributed by atoms with E-state index in [0.717, 1.165) is 18.2 Å². The van der Waals surface area contributed by atoms with Crippen molar-refractivity contribution in [1.29, 1.82) is 0 Å². The fourth-order valence-corrected chi connectivity index (χ4v) is 2.56. The molecule has 1 aromatic heterocycles. The Hall–Kier alpha value is -1.99. The van der Waals surface area contributed by atoms with E-state index < -0.39 is 33.3 Å². The summed E-state index contributed by atoms with van der Waals surface area (Å²) in [5.74, 6) is -1.42. The molecule has 0 bridgehead atoms. The fraction of sp³-hybridized carbons (Fsp3) is 0.294. The van der Waals surface area contributed by atoms with Crippen molar-refractivity contribution in [1.82, 2.24) is 4.57 Å². The Bertz CT molecular complexity index is 841. The minimum atomic E-state index is -1.75. The third-order valence-corrected chi connectivity index (χ3v) is 4.66. The smallest absolute Gasteiger partial charge is 0.259 e. The Morgan fingerprint density at radius 2 is 1.88 bits per heavy atom. The number of hydrogen-bond donors (Lipinski definition) is 0. The maximum absolute atomic E-state index is 14.2. The first-order valence-electron chi connectivity index (χ1n) is 7.23. The lowest BCUT2D eigenvalue weighted by Crippen LogP contribution is -2.30. The molecule has 1 atom stereocenters. The molecule has 24 heavy (non-hydrogen) atoms. The third kappa shape index (κ3) is 3.91. The second-order valence-electron chi connectivity index (χ2n) is 6.26. The van der Waals surface area contributed by atoms with Crippen molar-refractivity contribution in [2.75, 3.05) is 0 Å². The largest absolute Gasteiger partial charge is 0.591 e. The van der Waals surface area contributed by atoms with Crippen molar-refractivity contribution in [3.8, 4) is 0 Å². The minimum Gasteiger partial charge on any atom is -0.591 e. The normalized spacial score (nSPS) is 13.9. The zero-order valence-electron chi connectivity index (χ0n) is 13.8. The fourth-order valence-electron chi connectivity index (χ4n) is 1.92. The SMILES string of the molecule is Cn1cccc(C(=N[S+]([O-])C(C)(C)C)c2cc(F)ccc2F)c1=O. The molecule has 1 aromatic carbocycles. The Balaban J connectivity index is 2.76. The van der Waals surface area contributed by atoms with Crippen LogP contribution in [0.1, 0.15) is 31.9 Å². The number of benzene rings is 1. The van der Waals surface area contributed by atoms with Gasteiger partial charge in [0.25, 0.3) is 5.56 Å². The van der Waals surface area contributed by atoms with E-state index >= 15 is 0 Å². The van der Waals surface area contributed by atoms with Crippen molar-refractivity contribution in [2.45, 2.75) is 25.5 Å². The molecule has 7 heteroatoms. The van der Waals surface area contributed by atoms with Gasteiger partial charge >= 0.3 is 0 Å². The molecule has 0 aliphatic rings. The van der Waals surface area contributed by atoms with Crippen LogP contribution in [0, 0.1) is 11.6 Å². The van der Waals surface area contributed by atoms with Gasteiger partial charge in [-0.25, -0.2) is 8.78 Å². The number of halogens is 2. The predicted octanol–water partition coefficient (Wildman–Crippen LogP) is 2.96. The Morgan fingerprint density at radius 3 is 2.50 bits per heavy atom. The number of pyridine rings is 1. The molecule has 0 saturated carbocycles. The summed E-state index contributed by atoms with van der Waals surface area (Å²) >= 11 is -1.75.